The minimum absolute atomic E-state index is 0.281. The first kappa shape index (κ1) is 13.2. The van der Waals surface area contributed by atoms with E-state index in [4.69, 9.17) is 9.47 Å². The minimum Gasteiger partial charge on any atom is -0.454 e. The number of nitrogens with zero attached hydrogens (tertiary/aromatic N) is 2. The Bertz CT molecular complexity index is 669. The topological polar surface area (TPSA) is 46.6 Å². The number of aromatic nitrogens is 1. The van der Waals surface area contributed by atoms with Crippen LogP contribution in [0.15, 0.2) is 36.5 Å². The summed E-state index contributed by atoms with van der Waals surface area (Å²) in [6.07, 6.45) is 5.67. The molecule has 4 rings (SSSR count). The average molecular weight is 297 g/mol. The number of para-hydroxylation sites is 1. The zero-order chi connectivity index (χ0) is 14.8. The van der Waals surface area contributed by atoms with Crippen molar-refractivity contribution in [1.82, 2.24) is 4.98 Å². The molecule has 1 saturated heterocycles. The summed E-state index contributed by atoms with van der Waals surface area (Å²) < 4.78 is 11.0. The fourth-order valence-corrected chi connectivity index (χ4v) is 2.98. The lowest BCUT2D eigenvalue weighted by atomic mass is 10.1. The average Bonchev–Trinajstić information content (AvgIpc) is 3.06. The van der Waals surface area contributed by atoms with Crippen LogP contribution in [0.2, 0.25) is 0 Å². The van der Waals surface area contributed by atoms with E-state index in [9.17, 15) is 0 Å². The van der Waals surface area contributed by atoms with Crippen molar-refractivity contribution in [3.63, 3.8) is 0 Å². The van der Waals surface area contributed by atoms with E-state index in [1.54, 1.807) is 0 Å². The molecule has 1 aromatic heterocycles. The predicted octanol–water partition coefficient (Wildman–Crippen LogP) is 3.54. The normalized spacial score (nSPS) is 16.6. The molecule has 5 nitrogen and oxygen atoms in total. The molecular weight excluding hydrogens is 278 g/mol. The molecule has 0 aliphatic carbocycles. The van der Waals surface area contributed by atoms with Crippen LogP contribution in [0.25, 0.3) is 0 Å². The monoisotopic (exact) mass is 297 g/mol. The van der Waals surface area contributed by atoms with Crippen LogP contribution in [-0.2, 0) is 0 Å². The second-order valence-corrected chi connectivity index (χ2v) is 5.61. The fourth-order valence-electron chi connectivity index (χ4n) is 2.98. The number of nitrogens with one attached hydrogen (secondary N) is 1. The third-order valence-corrected chi connectivity index (χ3v) is 4.10. The first-order chi connectivity index (χ1) is 10.9. The summed E-state index contributed by atoms with van der Waals surface area (Å²) in [4.78, 5) is 6.86. The van der Waals surface area contributed by atoms with Crippen molar-refractivity contribution in [2.45, 2.75) is 19.3 Å². The number of benzene rings is 1. The van der Waals surface area contributed by atoms with Gasteiger partial charge in [-0.1, -0.05) is 6.07 Å². The van der Waals surface area contributed by atoms with Gasteiger partial charge in [-0.25, -0.2) is 4.98 Å². The number of ether oxygens (including phenoxy) is 2. The smallest absolute Gasteiger partial charge is 0.231 e. The highest BCUT2D eigenvalue weighted by molar-refractivity contribution is 5.71. The van der Waals surface area contributed by atoms with Gasteiger partial charge in [0.05, 0.1) is 5.69 Å². The van der Waals surface area contributed by atoms with Crippen molar-refractivity contribution < 1.29 is 9.47 Å². The molecule has 22 heavy (non-hydrogen) atoms. The Balaban J connectivity index is 1.57. The summed E-state index contributed by atoms with van der Waals surface area (Å²) in [5.41, 5.74) is 1.94. The Hall–Kier alpha value is -2.43. The van der Waals surface area contributed by atoms with Crippen molar-refractivity contribution >= 4 is 17.2 Å². The Morgan fingerprint density at radius 3 is 2.86 bits per heavy atom. The molecule has 1 aromatic carbocycles. The number of piperidine rings is 1. The third kappa shape index (κ3) is 2.54. The molecule has 2 aliphatic heterocycles. The van der Waals surface area contributed by atoms with Gasteiger partial charge in [-0.2, -0.15) is 0 Å². The van der Waals surface area contributed by atoms with Crippen molar-refractivity contribution in [1.29, 1.82) is 0 Å². The van der Waals surface area contributed by atoms with Crippen LogP contribution < -0.4 is 19.7 Å². The Kier molecular flexibility index (Phi) is 3.46. The second-order valence-electron chi connectivity index (χ2n) is 5.61. The highest BCUT2D eigenvalue weighted by Gasteiger charge is 2.18. The van der Waals surface area contributed by atoms with Gasteiger partial charge in [-0.15, -0.1) is 0 Å². The van der Waals surface area contributed by atoms with Gasteiger partial charge in [0.15, 0.2) is 11.5 Å². The largest absolute Gasteiger partial charge is 0.454 e. The molecule has 0 unspecified atom stereocenters. The summed E-state index contributed by atoms with van der Waals surface area (Å²) in [7, 11) is 0. The predicted molar refractivity (Wildman–Crippen MR) is 86.1 cm³/mol. The Labute approximate surface area is 129 Å². The maximum Gasteiger partial charge on any atom is 0.231 e. The Morgan fingerprint density at radius 2 is 1.95 bits per heavy atom. The molecule has 0 saturated carbocycles. The lowest BCUT2D eigenvalue weighted by Crippen LogP contribution is -2.30. The lowest BCUT2D eigenvalue weighted by molar-refractivity contribution is 0.174. The molecule has 2 aromatic rings. The van der Waals surface area contributed by atoms with Crippen LogP contribution in [0, 0.1) is 0 Å². The van der Waals surface area contributed by atoms with Crippen LogP contribution in [0.5, 0.6) is 11.5 Å². The number of fused-ring (bicyclic) bond motifs is 1. The number of hydrogen-bond acceptors (Lipinski definition) is 5. The summed E-state index contributed by atoms with van der Waals surface area (Å²) in [6.45, 7) is 2.46. The van der Waals surface area contributed by atoms with Crippen LogP contribution in [0.4, 0.5) is 17.2 Å². The van der Waals surface area contributed by atoms with E-state index in [-0.39, 0.29) is 6.79 Å². The second kappa shape index (κ2) is 5.75. The van der Waals surface area contributed by atoms with Crippen LogP contribution in [0.3, 0.4) is 0 Å². The molecular formula is C17H19N3O2. The highest BCUT2D eigenvalue weighted by atomic mass is 16.7. The van der Waals surface area contributed by atoms with E-state index in [2.05, 4.69) is 21.3 Å². The maximum absolute atomic E-state index is 5.54. The summed E-state index contributed by atoms with van der Waals surface area (Å²) in [5.74, 6) is 2.60. The SMILES string of the molecule is c1cc(Nc2ccnc(N3CCCCC3)c2)c2c(c1)OCO2. The van der Waals surface area contributed by atoms with Gasteiger partial charge in [0, 0.05) is 31.0 Å². The van der Waals surface area contributed by atoms with Crippen molar-refractivity contribution in [3.05, 3.63) is 36.5 Å². The van der Waals surface area contributed by atoms with Crippen molar-refractivity contribution in [3.8, 4) is 11.5 Å². The molecule has 5 heteroatoms. The zero-order valence-corrected chi connectivity index (χ0v) is 12.4. The first-order valence-electron chi connectivity index (χ1n) is 7.77. The van der Waals surface area contributed by atoms with Gasteiger partial charge < -0.3 is 19.7 Å². The molecule has 3 heterocycles. The van der Waals surface area contributed by atoms with E-state index >= 15 is 0 Å². The van der Waals surface area contributed by atoms with Crippen LogP contribution >= 0.6 is 0 Å². The fraction of sp³-hybridized carbons (Fsp3) is 0.353. The molecule has 1 N–H and O–H groups in total. The minimum atomic E-state index is 0.281. The third-order valence-electron chi connectivity index (χ3n) is 4.10. The number of pyridine rings is 1. The number of hydrogen-bond donors (Lipinski definition) is 1. The van der Waals surface area contributed by atoms with Gasteiger partial charge in [0.25, 0.3) is 0 Å². The quantitative estimate of drug-likeness (QED) is 0.939. The summed E-state index contributed by atoms with van der Waals surface area (Å²) >= 11 is 0. The van der Waals surface area contributed by atoms with Crippen molar-refractivity contribution in [2.24, 2.45) is 0 Å². The van der Waals surface area contributed by atoms with Crippen LogP contribution in [0.1, 0.15) is 19.3 Å². The molecule has 1 fully saturated rings. The van der Waals surface area contributed by atoms with E-state index in [1.165, 1.54) is 19.3 Å². The Morgan fingerprint density at radius 1 is 1.05 bits per heavy atom. The van der Waals surface area contributed by atoms with E-state index in [0.717, 1.165) is 41.8 Å². The molecule has 0 spiro atoms. The van der Waals surface area contributed by atoms with Gasteiger partial charge >= 0.3 is 0 Å². The standard InChI is InChI=1S/C17H19N3O2/c1-2-9-20(10-3-1)16-11-13(7-8-18-16)19-14-5-4-6-15-17(14)22-12-21-15/h4-8,11H,1-3,9-10,12H2,(H,18,19). The summed E-state index contributed by atoms with van der Waals surface area (Å²) in [5, 5.41) is 3.41. The molecule has 0 amide bonds. The van der Waals surface area contributed by atoms with Gasteiger partial charge in [0.2, 0.25) is 6.79 Å². The molecule has 114 valence electrons. The van der Waals surface area contributed by atoms with Crippen LogP contribution in [-0.4, -0.2) is 24.9 Å². The highest BCUT2D eigenvalue weighted by Crippen LogP contribution is 2.40. The van der Waals surface area contributed by atoms with E-state index in [1.807, 2.05) is 30.5 Å². The molecule has 0 bridgehead atoms. The van der Waals surface area contributed by atoms with Gasteiger partial charge in [-0.05, 0) is 37.5 Å². The number of rotatable bonds is 3. The maximum atomic E-state index is 5.54. The zero-order valence-electron chi connectivity index (χ0n) is 12.4. The molecule has 0 radical (unpaired) electrons. The number of anilines is 3. The molecule has 0 atom stereocenters. The molecule has 2 aliphatic rings. The van der Waals surface area contributed by atoms with E-state index in [0.29, 0.717) is 0 Å². The van der Waals surface area contributed by atoms with Crippen molar-refractivity contribution in [2.75, 3.05) is 30.1 Å². The first-order valence-corrected chi connectivity index (χ1v) is 7.77. The van der Waals surface area contributed by atoms with Gasteiger partial charge in [-0.3, -0.25) is 0 Å². The summed E-state index contributed by atoms with van der Waals surface area (Å²) in [6, 6.07) is 9.94. The lowest BCUT2D eigenvalue weighted by Gasteiger charge is -2.28. The van der Waals surface area contributed by atoms with E-state index < -0.39 is 0 Å². The van der Waals surface area contributed by atoms with Gasteiger partial charge in [0.1, 0.15) is 5.82 Å².